The monoisotopic (exact) mass is 416 g/mol. The first kappa shape index (κ1) is 20.7. The molecule has 0 saturated heterocycles. The molecule has 3 aromatic rings. The van der Waals surface area contributed by atoms with Crippen LogP contribution in [0.2, 0.25) is 0 Å². The number of amides is 1. The number of rotatable bonds is 8. The number of nitrogens with zero attached hydrogens (tertiary/aromatic N) is 3. The fourth-order valence-electron chi connectivity index (χ4n) is 2.62. The van der Waals surface area contributed by atoms with Crippen molar-refractivity contribution in [2.45, 2.75) is 18.2 Å². The number of anilines is 1. The van der Waals surface area contributed by atoms with E-state index in [-0.39, 0.29) is 23.5 Å². The summed E-state index contributed by atoms with van der Waals surface area (Å²) in [4.78, 5) is 12.1. The van der Waals surface area contributed by atoms with Gasteiger partial charge in [-0.25, -0.2) is 4.39 Å². The SMILES string of the molecule is COc1cccc(OC(C)c2nnc(SCC(=O)Nc3ccccc3F)n2C)c1. The second-order valence-corrected chi connectivity index (χ2v) is 7.10. The topological polar surface area (TPSA) is 78.3 Å². The Kier molecular flexibility index (Phi) is 6.71. The van der Waals surface area contributed by atoms with Gasteiger partial charge in [0.05, 0.1) is 18.6 Å². The zero-order valence-corrected chi connectivity index (χ0v) is 17.1. The van der Waals surface area contributed by atoms with Gasteiger partial charge in [-0.2, -0.15) is 0 Å². The molecular weight excluding hydrogens is 395 g/mol. The second-order valence-electron chi connectivity index (χ2n) is 6.16. The summed E-state index contributed by atoms with van der Waals surface area (Å²) in [5.74, 6) is 1.24. The number of carbonyl (C=O) groups excluding carboxylic acids is 1. The third kappa shape index (κ3) is 5.26. The molecule has 29 heavy (non-hydrogen) atoms. The summed E-state index contributed by atoms with van der Waals surface area (Å²) in [5, 5.41) is 11.4. The van der Waals surface area contributed by atoms with E-state index in [1.165, 1.54) is 23.9 Å². The molecule has 1 unspecified atom stereocenters. The number of nitrogens with one attached hydrogen (secondary N) is 1. The first-order valence-corrected chi connectivity index (χ1v) is 9.83. The van der Waals surface area contributed by atoms with Crippen LogP contribution in [0.25, 0.3) is 0 Å². The molecule has 0 aliphatic rings. The van der Waals surface area contributed by atoms with Crippen LogP contribution in [0, 0.1) is 5.82 Å². The van der Waals surface area contributed by atoms with Gasteiger partial charge in [-0.15, -0.1) is 10.2 Å². The lowest BCUT2D eigenvalue weighted by atomic mass is 10.3. The number of aromatic nitrogens is 3. The Hall–Kier alpha value is -3.07. The van der Waals surface area contributed by atoms with E-state index in [1.54, 1.807) is 36.9 Å². The summed E-state index contributed by atoms with van der Waals surface area (Å²) in [7, 11) is 3.40. The minimum Gasteiger partial charge on any atom is -0.497 e. The van der Waals surface area contributed by atoms with Crippen molar-refractivity contribution in [3.05, 3.63) is 60.2 Å². The van der Waals surface area contributed by atoms with E-state index >= 15 is 0 Å². The molecule has 1 atom stereocenters. The zero-order valence-electron chi connectivity index (χ0n) is 16.3. The molecule has 152 valence electrons. The third-order valence-corrected chi connectivity index (χ3v) is 5.09. The highest BCUT2D eigenvalue weighted by molar-refractivity contribution is 7.99. The van der Waals surface area contributed by atoms with E-state index in [4.69, 9.17) is 9.47 Å². The number of thioether (sulfide) groups is 1. The molecule has 0 radical (unpaired) electrons. The standard InChI is InChI=1S/C20H21FN4O3S/c1-13(28-15-8-6-7-14(11-15)27-3)19-23-24-20(25(19)2)29-12-18(26)22-17-10-5-4-9-16(17)21/h4-11,13H,12H2,1-3H3,(H,22,26). The lowest BCUT2D eigenvalue weighted by Crippen LogP contribution is -2.15. The van der Waals surface area contributed by atoms with E-state index in [0.29, 0.717) is 22.5 Å². The van der Waals surface area contributed by atoms with E-state index in [9.17, 15) is 9.18 Å². The Morgan fingerprint density at radius 2 is 1.97 bits per heavy atom. The predicted molar refractivity (Wildman–Crippen MR) is 109 cm³/mol. The molecule has 1 amide bonds. The van der Waals surface area contributed by atoms with Gasteiger partial charge in [-0.3, -0.25) is 4.79 Å². The summed E-state index contributed by atoms with van der Waals surface area (Å²) in [6.45, 7) is 1.86. The number of ether oxygens (including phenoxy) is 2. The minimum absolute atomic E-state index is 0.0748. The molecule has 2 aromatic carbocycles. The Morgan fingerprint density at radius 1 is 1.21 bits per heavy atom. The van der Waals surface area contributed by atoms with E-state index < -0.39 is 5.82 Å². The Labute approximate surface area is 172 Å². The van der Waals surface area contributed by atoms with E-state index in [0.717, 1.165) is 0 Å². The number of carbonyl (C=O) groups is 1. The molecule has 0 spiro atoms. The summed E-state index contributed by atoms with van der Waals surface area (Å²) in [6.07, 6.45) is -0.360. The number of hydrogen-bond acceptors (Lipinski definition) is 6. The van der Waals surface area contributed by atoms with Gasteiger partial charge in [0.25, 0.3) is 0 Å². The van der Waals surface area contributed by atoms with Crippen molar-refractivity contribution in [2.75, 3.05) is 18.2 Å². The summed E-state index contributed by atoms with van der Waals surface area (Å²) in [6, 6.07) is 13.3. The maximum absolute atomic E-state index is 13.6. The smallest absolute Gasteiger partial charge is 0.234 e. The average Bonchev–Trinajstić information content (AvgIpc) is 3.09. The number of para-hydroxylation sites is 1. The molecule has 0 aliphatic heterocycles. The van der Waals surface area contributed by atoms with Crippen molar-refractivity contribution in [1.82, 2.24) is 14.8 Å². The van der Waals surface area contributed by atoms with Crippen LogP contribution in [-0.4, -0.2) is 33.5 Å². The largest absolute Gasteiger partial charge is 0.497 e. The number of halogens is 1. The van der Waals surface area contributed by atoms with Crippen LogP contribution in [-0.2, 0) is 11.8 Å². The van der Waals surface area contributed by atoms with Crippen molar-refractivity contribution in [3.8, 4) is 11.5 Å². The van der Waals surface area contributed by atoms with Crippen molar-refractivity contribution in [3.63, 3.8) is 0 Å². The Bertz CT molecular complexity index is 995. The van der Waals surface area contributed by atoms with Gasteiger partial charge in [0.15, 0.2) is 17.1 Å². The highest BCUT2D eigenvalue weighted by Crippen LogP contribution is 2.26. The van der Waals surface area contributed by atoms with E-state index in [1.807, 2.05) is 25.1 Å². The first-order chi connectivity index (χ1) is 14.0. The fourth-order valence-corrected chi connectivity index (χ4v) is 3.33. The van der Waals surface area contributed by atoms with Crippen LogP contribution in [0.15, 0.2) is 53.7 Å². The summed E-state index contributed by atoms with van der Waals surface area (Å²) >= 11 is 1.21. The van der Waals surface area contributed by atoms with Crippen LogP contribution >= 0.6 is 11.8 Å². The molecule has 7 nitrogen and oxygen atoms in total. The van der Waals surface area contributed by atoms with Gasteiger partial charge in [-0.05, 0) is 31.2 Å². The maximum Gasteiger partial charge on any atom is 0.234 e. The van der Waals surface area contributed by atoms with Crippen molar-refractivity contribution < 1.29 is 18.7 Å². The highest BCUT2D eigenvalue weighted by atomic mass is 32.2. The molecule has 0 fully saturated rings. The number of methoxy groups -OCH3 is 1. The van der Waals surface area contributed by atoms with Gasteiger partial charge < -0.3 is 19.4 Å². The highest BCUT2D eigenvalue weighted by Gasteiger charge is 2.18. The van der Waals surface area contributed by atoms with Gasteiger partial charge in [0.1, 0.15) is 17.3 Å². The Morgan fingerprint density at radius 3 is 2.72 bits per heavy atom. The first-order valence-electron chi connectivity index (χ1n) is 8.85. The maximum atomic E-state index is 13.6. The quantitative estimate of drug-likeness (QED) is 0.562. The van der Waals surface area contributed by atoms with Crippen LogP contribution in [0.4, 0.5) is 10.1 Å². The fraction of sp³-hybridized carbons (Fsp3) is 0.250. The molecule has 0 saturated carbocycles. The molecular formula is C20H21FN4O3S. The van der Waals surface area contributed by atoms with Crippen LogP contribution < -0.4 is 14.8 Å². The van der Waals surface area contributed by atoms with Crippen LogP contribution in [0.3, 0.4) is 0 Å². The summed E-state index contributed by atoms with van der Waals surface area (Å²) in [5.41, 5.74) is 0.150. The second kappa shape index (κ2) is 9.42. The third-order valence-electron chi connectivity index (χ3n) is 4.07. The van der Waals surface area contributed by atoms with Crippen molar-refractivity contribution in [2.24, 2.45) is 7.05 Å². The molecule has 1 N–H and O–H groups in total. The Balaban J connectivity index is 1.59. The van der Waals surface area contributed by atoms with Gasteiger partial charge in [0, 0.05) is 13.1 Å². The predicted octanol–water partition coefficient (Wildman–Crippen LogP) is 3.83. The summed E-state index contributed by atoms with van der Waals surface area (Å²) < 4.78 is 26.5. The molecule has 3 rings (SSSR count). The zero-order chi connectivity index (χ0) is 20.8. The van der Waals surface area contributed by atoms with E-state index in [2.05, 4.69) is 15.5 Å². The molecule has 1 heterocycles. The molecule has 9 heteroatoms. The van der Waals surface area contributed by atoms with Gasteiger partial charge in [-0.1, -0.05) is 30.0 Å². The van der Waals surface area contributed by atoms with Gasteiger partial charge in [0.2, 0.25) is 5.91 Å². The number of hydrogen-bond donors (Lipinski definition) is 1. The molecule has 1 aromatic heterocycles. The lowest BCUT2D eigenvalue weighted by molar-refractivity contribution is -0.113. The normalized spacial score (nSPS) is 11.7. The van der Waals surface area contributed by atoms with Crippen molar-refractivity contribution >= 4 is 23.4 Å². The molecule has 0 bridgehead atoms. The lowest BCUT2D eigenvalue weighted by Gasteiger charge is -2.14. The minimum atomic E-state index is -0.477. The molecule has 0 aliphatic carbocycles. The number of benzene rings is 2. The average molecular weight is 416 g/mol. The van der Waals surface area contributed by atoms with Crippen molar-refractivity contribution in [1.29, 1.82) is 0 Å². The van der Waals surface area contributed by atoms with Crippen LogP contribution in [0.5, 0.6) is 11.5 Å². The van der Waals surface area contributed by atoms with Crippen LogP contribution in [0.1, 0.15) is 18.9 Å². The van der Waals surface area contributed by atoms with Gasteiger partial charge >= 0.3 is 0 Å².